The number of amides is 2. The molecule has 11 heteroatoms. The number of nitroso groups, excluding NO2 is 1. The zero-order valence-electron chi connectivity index (χ0n) is 26.9. The van der Waals surface area contributed by atoms with E-state index in [2.05, 4.69) is 5.18 Å². The van der Waals surface area contributed by atoms with Crippen molar-refractivity contribution in [2.24, 2.45) is 40.7 Å². The Morgan fingerprint density at radius 1 is 0.568 bits per heavy atom. The molecule has 2 amide bonds. The Kier molecular flexibility index (Phi) is 19.9. The number of hydrogen-bond donors (Lipinski definition) is 5. The molecule has 2 saturated carbocycles. The fourth-order valence-corrected chi connectivity index (χ4v) is 7.75. The van der Waals surface area contributed by atoms with Crippen LogP contribution < -0.4 is 0 Å². The van der Waals surface area contributed by atoms with E-state index >= 15 is 0 Å². The summed E-state index contributed by atoms with van der Waals surface area (Å²) in [5.41, 5.74) is 0. The summed E-state index contributed by atoms with van der Waals surface area (Å²) in [6, 6.07) is 0. The number of carbonyl (C=O) groups excluding carboxylic acids is 2. The van der Waals surface area contributed by atoms with Crippen LogP contribution in [0.15, 0.2) is 5.18 Å². The van der Waals surface area contributed by atoms with Crippen molar-refractivity contribution in [1.29, 1.82) is 0 Å². The molecule has 5 N–H and O–H groups in total. The molecule has 0 spiro atoms. The molecular formula is C33H61N3O8. The molecule has 0 aliphatic heterocycles. The maximum absolute atomic E-state index is 13.0. The Morgan fingerprint density at radius 2 is 1.00 bits per heavy atom. The molecular weight excluding hydrogens is 566 g/mol. The normalized spacial score (nSPS) is 23.6. The van der Waals surface area contributed by atoms with E-state index in [1.54, 1.807) is 9.80 Å². The van der Waals surface area contributed by atoms with Gasteiger partial charge in [-0.05, 0) is 107 Å². The predicted molar refractivity (Wildman–Crippen MR) is 169 cm³/mol. The van der Waals surface area contributed by atoms with Crippen molar-refractivity contribution in [3.8, 4) is 0 Å². The lowest BCUT2D eigenvalue weighted by Gasteiger charge is -2.35. The minimum atomic E-state index is -0.125. The third kappa shape index (κ3) is 13.4. The fourth-order valence-electron chi connectivity index (χ4n) is 7.75. The van der Waals surface area contributed by atoms with E-state index in [0.29, 0.717) is 23.7 Å². The maximum atomic E-state index is 13.0. The molecule has 2 rings (SSSR count). The van der Waals surface area contributed by atoms with Crippen molar-refractivity contribution in [3.05, 3.63) is 4.91 Å². The lowest BCUT2D eigenvalue weighted by Crippen LogP contribution is -2.41. The minimum Gasteiger partial charge on any atom is -0.396 e. The van der Waals surface area contributed by atoms with E-state index in [1.807, 2.05) is 0 Å². The Morgan fingerprint density at radius 3 is 1.39 bits per heavy atom. The summed E-state index contributed by atoms with van der Waals surface area (Å²) in [5.74, 6) is 1.93. The van der Waals surface area contributed by atoms with Crippen molar-refractivity contribution >= 4 is 11.8 Å². The van der Waals surface area contributed by atoms with Gasteiger partial charge in [0, 0.05) is 51.2 Å². The molecule has 44 heavy (non-hydrogen) atoms. The largest absolute Gasteiger partial charge is 0.396 e. The van der Waals surface area contributed by atoms with Crippen LogP contribution in [0.2, 0.25) is 0 Å². The van der Waals surface area contributed by atoms with Crippen LogP contribution in [0.25, 0.3) is 0 Å². The van der Waals surface area contributed by atoms with Crippen LogP contribution in [-0.4, -0.2) is 113 Å². The number of rotatable bonds is 23. The first kappa shape index (κ1) is 38.5. The van der Waals surface area contributed by atoms with Gasteiger partial charge in [-0.25, -0.2) is 0 Å². The Hall–Kier alpha value is -1.66. The van der Waals surface area contributed by atoms with Crippen LogP contribution in [0, 0.1) is 40.4 Å². The molecule has 0 bridgehead atoms. The SMILES string of the molecule is O=NCCN(CCO)C(=O)C1CCC(CCC(CCC2CCC(C(=O)N(CCO)CCO)CC2)C(CCO)CCCO)CC1. The van der Waals surface area contributed by atoms with Gasteiger partial charge < -0.3 is 35.3 Å². The smallest absolute Gasteiger partial charge is 0.225 e. The van der Waals surface area contributed by atoms with E-state index in [0.717, 1.165) is 96.3 Å². The third-order valence-electron chi connectivity index (χ3n) is 10.4. The number of carbonyl (C=O) groups is 2. The highest BCUT2D eigenvalue weighted by Gasteiger charge is 2.32. The molecule has 0 aromatic heterocycles. The average molecular weight is 628 g/mol. The van der Waals surface area contributed by atoms with Crippen LogP contribution in [-0.2, 0) is 9.59 Å². The minimum absolute atomic E-state index is 0.0250. The zero-order valence-corrected chi connectivity index (χ0v) is 26.9. The summed E-state index contributed by atoms with van der Waals surface area (Å²) in [6.07, 6.45) is 14.1. The molecule has 0 saturated heterocycles. The van der Waals surface area contributed by atoms with Gasteiger partial charge >= 0.3 is 0 Å². The van der Waals surface area contributed by atoms with Crippen molar-refractivity contribution in [2.45, 2.75) is 96.3 Å². The second kappa shape index (κ2) is 22.8. The van der Waals surface area contributed by atoms with Gasteiger partial charge in [-0.3, -0.25) is 9.59 Å². The monoisotopic (exact) mass is 627 g/mol. The first-order valence-electron chi connectivity index (χ1n) is 17.3. The Balaban J connectivity index is 1.90. The van der Waals surface area contributed by atoms with Crippen LogP contribution in [0.5, 0.6) is 0 Å². The molecule has 0 heterocycles. The van der Waals surface area contributed by atoms with E-state index in [9.17, 15) is 40.0 Å². The summed E-state index contributed by atoms with van der Waals surface area (Å²) >= 11 is 0. The van der Waals surface area contributed by atoms with Crippen LogP contribution >= 0.6 is 0 Å². The van der Waals surface area contributed by atoms with E-state index in [4.69, 9.17) is 0 Å². The van der Waals surface area contributed by atoms with Gasteiger partial charge in [0.1, 0.15) is 0 Å². The highest BCUT2D eigenvalue weighted by atomic mass is 16.3. The summed E-state index contributed by atoms with van der Waals surface area (Å²) in [4.78, 5) is 39.6. The topological polar surface area (TPSA) is 171 Å². The number of nitrogens with zero attached hydrogens (tertiary/aromatic N) is 3. The van der Waals surface area contributed by atoms with Crippen LogP contribution in [0.3, 0.4) is 0 Å². The molecule has 2 fully saturated rings. The van der Waals surface area contributed by atoms with Crippen molar-refractivity contribution in [2.75, 3.05) is 65.8 Å². The predicted octanol–water partition coefficient (Wildman–Crippen LogP) is 2.95. The Labute approximate surface area is 264 Å². The maximum Gasteiger partial charge on any atom is 0.225 e. The van der Waals surface area contributed by atoms with Gasteiger partial charge in [0.05, 0.1) is 26.4 Å². The summed E-state index contributed by atoms with van der Waals surface area (Å²) in [7, 11) is 0. The molecule has 2 unspecified atom stereocenters. The Bertz CT molecular complexity index is 781. The molecule has 11 nitrogen and oxygen atoms in total. The molecule has 2 aliphatic rings. The summed E-state index contributed by atoms with van der Waals surface area (Å²) in [5, 5.41) is 50.1. The second-order valence-electron chi connectivity index (χ2n) is 13.2. The standard InChI is InChI=1S/C33H61N3O8/c37-21-1-2-28(15-22-38)29(10-4-27-7-13-31(14-8-27)33(43)36(19-24-40)20-25-41)9-3-26-5-11-30(12-6-26)32(42)35(18-23-39)17-16-34-44/h26-31,37-41H,1-25H2. The second-order valence-corrected chi connectivity index (χ2v) is 13.2. The lowest BCUT2D eigenvalue weighted by atomic mass is 9.73. The van der Waals surface area contributed by atoms with Gasteiger partial charge in [-0.2, -0.15) is 4.91 Å². The number of hydrogen-bond acceptors (Lipinski definition) is 9. The highest BCUT2D eigenvalue weighted by Crippen LogP contribution is 2.39. The van der Waals surface area contributed by atoms with Crippen molar-refractivity contribution in [3.63, 3.8) is 0 Å². The lowest BCUT2D eigenvalue weighted by molar-refractivity contribution is -0.138. The first-order chi connectivity index (χ1) is 21.4. The first-order valence-corrected chi connectivity index (χ1v) is 17.3. The van der Waals surface area contributed by atoms with Gasteiger partial charge in [0.15, 0.2) is 0 Å². The van der Waals surface area contributed by atoms with Crippen LogP contribution in [0.1, 0.15) is 96.3 Å². The van der Waals surface area contributed by atoms with E-state index < -0.39 is 0 Å². The number of aliphatic hydroxyl groups excluding tert-OH is 5. The summed E-state index contributed by atoms with van der Waals surface area (Å²) in [6.45, 7) is 1.05. The third-order valence-corrected chi connectivity index (χ3v) is 10.4. The molecule has 0 aromatic rings. The zero-order chi connectivity index (χ0) is 32.2. The molecule has 0 aromatic carbocycles. The fraction of sp³-hybridized carbons (Fsp3) is 0.939. The van der Waals surface area contributed by atoms with E-state index in [1.165, 1.54) is 0 Å². The molecule has 2 atom stereocenters. The van der Waals surface area contributed by atoms with Gasteiger partial charge in [-0.15, -0.1) is 0 Å². The highest BCUT2D eigenvalue weighted by molar-refractivity contribution is 5.79. The van der Waals surface area contributed by atoms with E-state index in [-0.39, 0.29) is 89.4 Å². The quantitative estimate of drug-likeness (QED) is 0.108. The molecule has 2 aliphatic carbocycles. The molecule has 256 valence electrons. The van der Waals surface area contributed by atoms with Crippen molar-refractivity contribution < 1.29 is 35.1 Å². The van der Waals surface area contributed by atoms with Crippen molar-refractivity contribution in [1.82, 2.24) is 9.80 Å². The summed E-state index contributed by atoms with van der Waals surface area (Å²) < 4.78 is 0. The van der Waals surface area contributed by atoms with Gasteiger partial charge in [-0.1, -0.05) is 18.0 Å². The van der Waals surface area contributed by atoms with Gasteiger partial charge in [0.2, 0.25) is 11.8 Å². The number of aliphatic hydroxyl groups is 5. The average Bonchev–Trinajstić information content (AvgIpc) is 3.05. The van der Waals surface area contributed by atoms with Gasteiger partial charge in [0.25, 0.3) is 0 Å². The van der Waals surface area contributed by atoms with Crippen LogP contribution in [0.4, 0.5) is 0 Å². The molecule has 0 radical (unpaired) electrons.